The van der Waals surface area contributed by atoms with E-state index in [0.717, 1.165) is 37.0 Å². The summed E-state index contributed by atoms with van der Waals surface area (Å²) in [6.45, 7) is 1.95. The minimum Gasteiger partial charge on any atom is -0.497 e. The topological polar surface area (TPSA) is 83.4 Å². The van der Waals surface area contributed by atoms with Gasteiger partial charge in [-0.2, -0.15) is 0 Å². The lowest BCUT2D eigenvalue weighted by molar-refractivity contribution is -0.151. The number of hydrogen-bond acceptors (Lipinski definition) is 7. The number of fused-ring (bicyclic) bond motifs is 1. The van der Waals surface area contributed by atoms with Crippen molar-refractivity contribution in [3.05, 3.63) is 63.8 Å². The third-order valence-corrected chi connectivity index (χ3v) is 8.47. The number of esters is 1. The van der Waals surface area contributed by atoms with Crippen molar-refractivity contribution in [3.8, 4) is 17.2 Å². The molecule has 4 aliphatic rings. The number of Topliss-reactive ketones (excluding diaryl/α,β-unsaturated/α-hetero) is 1. The average Bonchev–Trinajstić information content (AvgIpc) is 3.59. The van der Waals surface area contributed by atoms with Crippen LogP contribution in [-0.2, 0) is 14.3 Å². The van der Waals surface area contributed by atoms with Crippen LogP contribution in [0.25, 0.3) is 0 Å². The molecule has 1 saturated carbocycles. The van der Waals surface area contributed by atoms with Crippen molar-refractivity contribution in [1.29, 1.82) is 0 Å². The number of carbonyl (C=O) groups excluding carboxylic acids is 2. The summed E-state index contributed by atoms with van der Waals surface area (Å²) >= 11 is 6.79. The maximum Gasteiger partial charge on any atom is 0.315 e. The van der Waals surface area contributed by atoms with Crippen molar-refractivity contribution in [1.82, 2.24) is 0 Å². The van der Waals surface area contributed by atoms with Crippen LogP contribution in [-0.4, -0.2) is 37.5 Å². The number of ether oxygens (including phenoxy) is 4. The molecule has 8 heteroatoms. The van der Waals surface area contributed by atoms with Gasteiger partial charge in [-0.25, -0.2) is 0 Å². The molecular formula is C30H30ClNO6. The number of halogens is 1. The fraction of sp³-hybridized carbons (Fsp3) is 0.433. The van der Waals surface area contributed by atoms with Crippen LogP contribution in [0.3, 0.4) is 0 Å². The van der Waals surface area contributed by atoms with E-state index in [2.05, 4.69) is 0 Å². The zero-order chi connectivity index (χ0) is 26.4. The number of nitrogens with zero attached hydrogens (tertiary/aromatic N) is 1. The second-order valence-electron chi connectivity index (χ2n) is 10.4. The fourth-order valence-electron chi connectivity index (χ4n) is 6.23. The zero-order valence-corrected chi connectivity index (χ0v) is 22.3. The first kappa shape index (κ1) is 25.0. The molecule has 7 nitrogen and oxygen atoms in total. The van der Waals surface area contributed by atoms with E-state index in [1.165, 1.54) is 0 Å². The summed E-state index contributed by atoms with van der Waals surface area (Å²) in [6.07, 6.45) is 4.64. The standard InChI is InChI=1S/C30H30ClNO6/c1-16-27(30(34)38-20-5-3-4-6-20)28(21-13-25-26(14-22(21)31)37-15-36-25)29-23(32-16)11-18(12-24(29)33)17-7-9-19(35-2)10-8-17/h7-10,13-14,18,20,27-28H,3-6,11-12,15H2,1-2H3/t18-,27?,28+/m1/s1. The van der Waals surface area contributed by atoms with E-state index in [9.17, 15) is 9.59 Å². The summed E-state index contributed by atoms with van der Waals surface area (Å²) in [5.74, 6) is 0.121. The first-order valence-corrected chi connectivity index (χ1v) is 13.6. The maximum atomic E-state index is 13.9. The quantitative estimate of drug-likeness (QED) is 0.428. The highest BCUT2D eigenvalue weighted by Crippen LogP contribution is 2.50. The number of rotatable bonds is 5. The molecule has 2 aromatic rings. The number of allylic oxidation sites excluding steroid dienone is 2. The van der Waals surface area contributed by atoms with Crippen molar-refractivity contribution < 1.29 is 28.5 Å². The van der Waals surface area contributed by atoms with Crippen LogP contribution in [0.1, 0.15) is 68.4 Å². The van der Waals surface area contributed by atoms with Gasteiger partial charge in [0.05, 0.1) is 7.11 Å². The van der Waals surface area contributed by atoms with Crippen molar-refractivity contribution in [2.75, 3.05) is 13.9 Å². The first-order valence-electron chi connectivity index (χ1n) is 13.2. The largest absolute Gasteiger partial charge is 0.497 e. The monoisotopic (exact) mass is 535 g/mol. The van der Waals surface area contributed by atoms with Gasteiger partial charge in [-0.1, -0.05) is 23.7 Å². The Hall–Kier alpha value is -3.32. The Morgan fingerprint density at radius 3 is 2.47 bits per heavy atom. The summed E-state index contributed by atoms with van der Waals surface area (Å²) in [5, 5.41) is 0.421. The lowest BCUT2D eigenvalue weighted by Crippen LogP contribution is -2.39. The molecule has 0 N–H and O–H groups in total. The van der Waals surface area contributed by atoms with Crippen molar-refractivity contribution in [3.63, 3.8) is 0 Å². The molecule has 2 aromatic carbocycles. The van der Waals surface area contributed by atoms with E-state index in [0.29, 0.717) is 51.9 Å². The van der Waals surface area contributed by atoms with Gasteiger partial charge in [-0.05, 0) is 74.3 Å². The Balaban J connectivity index is 1.41. The molecule has 198 valence electrons. The highest BCUT2D eigenvalue weighted by molar-refractivity contribution is 6.32. The number of methoxy groups -OCH3 is 1. The van der Waals surface area contributed by atoms with Crippen LogP contribution in [0.4, 0.5) is 0 Å². The first-order chi connectivity index (χ1) is 18.4. The second kappa shape index (κ2) is 10.1. The van der Waals surface area contributed by atoms with E-state index >= 15 is 0 Å². The Bertz CT molecular complexity index is 1340. The van der Waals surface area contributed by atoms with Gasteiger partial charge in [0.25, 0.3) is 0 Å². The van der Waals surface area contributed by atoms with Crippen LogP contribution in [0.15, 0.2) is 52.7 Å². The molecule has 0 aromatic heterocycles. The van der Waals surface area contributed by atoms with Gasteiger partial charge in [0.1, 0.15) is 17.8 Å². The molecule has 38 heavy (non-hydrogen) atoms. The Labute approximate surface area is 226 Å². The molecule has 0 radical (unpaired) electrons. The number of ketones is 1. The van der Waals surface area contributed by atoms with Crippen LogP contribution in [0.5, 0.6) is 17.2 Å². The van der Waals surface area contributed by atoms with Crippen molar-refractivity contribution >= 4 is 29.1 Å². The van der Waals surface area contributed by atoms with Gasteiger partial charge in [0, 0.05) is 40.4 Å². The molecule has 2 aliphatic heterocycles. The van der Waals surface area contributed by atoms with Crippen LogP contribution >= 0.6 is 11.6 Å². The highest BCUT2D eigenvalue weighted by Gasteiger charge is 2.46. The molecule has 1 fully saturated rings. The Morgan fingerprint density at radius 2 is 1.76 bits per heavy atom. The molecule has 0 amide bonds. The molecule has 2 heterocycles. The summed E-state index contributed by atoms with van der Waals surface area (Å²) in [4.78, 5) is 32.4. The van der Waals surface area contributed by atoms with Gasteiger partial charge in [0.15, 0.2) is 17.3 Å². The SMILES string of the molecule is COc1ccc([C@H]2CC(=O)C3=C(C2)N=C(C)C(C(=O)OC2CCCC2)[C@@H]3c2cc3c(cc2Cl)OCO3)cc1. The van der Waals surface area contributed by atoms with Crippen molar-refractivity contribution in [2.24, 2.45) is 10.9 Å². The number of carbonyl (C=O) groups is 2. The normalized spacial score (nSPS) is 24.8. The van der Waals surface area contributed by atoms with E-state index in [-0.39, 0.29) is 30.6 Å². The zero-order valence-electron chi connectivity index (χ0n) is 21.5. The smallest absolute Gasteiger partial charge is 0.315 e. The van der Waals surface area contributed by atoms with Crippen LogP contribution in [0.2, 0.25) is 5.02 Å². The number of benzene rings is 2. The maximum absolute atomic E-state index is 13.9. The molecule has 0 spiro atoms. The molecular weight excluding hydrogens is 506 g/mol. The minimum atomic E-state index is -0.742. The number of aliphatic imine (C=N–C) groups is 1. The van der Waals surface area contributed by atoms with Gasteiger partial charge in [-0.3, -0.25) is 14.6 Å². The summed E-state index contributed by atoms with van der Waals surface area (Å²) in [5.41, 5.74) is 3.60. The van der Waals surface area contributed by atoms with Crippen LogP contribution in [0, 0.1) is 5.92 Å². The lowest BCUT2D eigenvalue weighted by Gasteiger charge is -2.37. The number of hydrogen-bond donors (Lipinski definition) is 0. The van der Waals surface area contributed by atoms with E-state index in [1.54, 1.807) is 19.2 Å². The molecule has 1 unspecified atom stereocenters. The third-order valence-electron chi connectivity index (χ3n) is 8.14. The molecule has 2 aliphatic carbocycles. The van der Waals surface area contributed by atoms with E-state index < -0.39 is 11.8 Å². The third kappa shape index (κ3) is 4.47. The van der Waals surface area contributed by atoms with Gasteiger partial charge in [0.2, 0.25) is 6.79 Å². The van der Waals surface area contributed by atoms with E-state index in [1.807, 2.05) is 31.2 Å². The lowest BCUT2D eigenvalue weighted by atomic mass is 9.69. The Morgan fingerprint density at radius 1 is 1.05 bits per heavy atom. The summed E-state index contributed by atoms with van der Waals surface area (Å²) in [6, 6.07) is 11.3. The predicted molar refractivity (Wildman–Crippen MR) is 142 cm³/mol. The average molecular weight is 536 g/mol. The summed E-state index contributed by atoms with van der Waals surface area (Å²) in [7, 11) is 1.63. The summed E-state index contributed by atoms with van der Waals surface area (Å²) < 4.78 is 22.4. The fourth-order valence-corrected chi connectivity index (χ4v) is 6.50. The van der Waals surface area contributed by atoms with Crippen LogP contribution < -0.4 is 14.2 Å². The molecule has 3 atom stereocenters. The van der Waals surface area contributed by atoms with Gasteiger partial charge in [-0.15, -0.1) is 0 Å². The second-order valence-corrected chi connectivity index (χ2v) is 10.8. The molecule has 0 saturated heterocycles. The van der Waals surface area contributed by atoms with Gasteiger partial charge >= 0.3 is 5.97 Å². The predicted octanol–water partition coefficient (Wildman–Crippen LogP) is 6.14. The molecule has 0 bridgehead atoms. The highest BCUT2D eigenvalue weighted by atomic mass is 35.5. The van der Waals surface area contributed by atoms with Gasteiger partial charge < -0.3 is 18.9 Å². The minimum absolute atomic E-state index is 0.0152. The molecule has 6 rings (SSSR count). The van der Waals surface area contributed by atoms with Crippen molar-refractivity contribution in [2.45, 2.75) is 63.4 Å². The Kier molecular flexibility index (Phi) is 6.64. The van der Waals surface area contributed by atoms with E-state index in [4.69, 9.17) is 35.5 Å².